The number of aromatic amines is 1. The molecule has 0 saturated heterocycles. The maximum absolute atomic E-state index is 12.1. The van der Waals surface area contributed by atoms with E-state index in [1.807, 2.05) is 18.2 Å². The number of carbonyl (C=O) groups excluding carboxylic acids is 1. The summed E-state index contributed by atoms with van der Waals surface area (Å²) in [6.07, 6.45) is 1.51. The highest BCUT2D eigenvalue weighted by Gasteiger charge is 2.10. The molecule has 1 amide bonds. The lowest BCUT2D eigenvalue weighted by Crippen LogP contribution is -2.17. The number of nitrogens with zero attached hydrogens (tertiary/aromatic N) is 2. The Hall–Kier alpha value is -2.63. The molecule has 1 heterocycles. The Labute approximate surface area is 148 Å². The molecule has 5 nitrogen and oxygen atoms in total. The van der Waals surface area contributed by atoms with E-state index in [9.17, 15) is 4.79 Å². The topological polar surface area (TPSA) is 70.1 Å². The number of nitrogens with one attached hydrogen (secondary N) is 2. The number of benzene rings is 2. The van der Waals surface area contributed by atoms with Gasteiger partial charge in [-0.15, -0.1) is 0 Å². The van der Waals surface area contributed by atoms with Gasteiger partial charge in [-0.2, -0.15) is 10.2 Å². The molecule has 0 aliphatic heterocycles. The van der Waals surface area contributed by atoms with Crippen LogP contribution in [0.15, 0.2) is 59.7 Å². The summed E-state index contributed by atoms with van der Waals surface area (Å²) in [7, 11) is 0. The van der Waals surface area contributed by atoms with Gasteiger partial charge in [0.1, 0.15) is 5.69 Å². The molecule has 2 N–H and O–H groups in total. The summed E-state index contributed by atoms with van der Waals surface area (Å²) in [6.45, 7) is 0. The normalized spacial score (nSPS) is 10.9. The van der Waals surface area contributed by atoms with Crippen LogP contribution < -0.4 is 5.43 Å². The summed E-state index contributed by atoms with van der Waals surface area (Å²) in [5.41, 5.74) is 5.04. The van der Waals surface area contributed by atoms with E-state index in [0.717, 1.165) is 11.1 Å². The Morgan fingerprint density at radius 3 is 2.62 bits per heavy atom. The van der Waals surface area contributed by atoms with Crippen LogP contribution in [0.5, 0.6) is 0 Å². The second kappa shape index (κ2) is 7.29. The van der Waals surface area contributed by atoms with E-state index < -0.39 is 0 Å². The average molecular weight is 359 g/mol. The van der Waals surface area contributed by atoms with Crippen LogP contribution in [-0.4, -0.2) is 22.3 Å². The van der Waals surface area contributed by atoms with Crippen molar-refractivity contribution in [2.24, 2.45) is 5.10 Å². The van der Waals surface area contributed by atoms with Gasteiger partial charge in [-0.05, 0) is 35.9 Å². The fourth-order valence-corrected chi connectivity index (χ4v) is 2.34. The minimum Gasteiger partial charge on any atom is -0.272 e. The largest absolute Gasteiger partial charge is 0.289 e. The second-order valence-corrected chi connectivity index (χ2v) is 5.80. The predicted octanol–water partition coefficient (Wildman–Crippen LogP) is 4.15. The van der Waals surface area contributed by atoms with E-state index in [2.05, 4.69) is 20.7 Å². The number of H-pyrrole nitrogens is 1. The summed E-state index contributed by atoms with van der Waals surface area (Å²) < 4.78 is 0. The molecular formula is C17H12Cl2N4O. The molecule has 3 aromatic rings. The van der Waals surface area contributed by atoms with Gasteiger partial charge < -0.3 is 0 Å². The van der Waals surface area contributed by atoms with E-state index in [1.165, 1.54) is 6.21 Å². The number of hydrazone groups is 1. The molecule has 1 aromatic heterocycles. The van der Waals surface area contributed by atoms with Gasteiger partial charge in [-0.1, -0.05) is 47.5 Å². The van der Waals surface area contributed by atoms with Gasteiger partial charge >= 0.3 is 0 Å². The quantitative estimate of drug-likeness (QED) is 0.543. The molecule has 0 saturated carbocycles. The van der Waals surface area contributed by atoms with Gasteiger partial charge in [0.15, 0.2) is 0 Å². The first-order valence-electron chi connectivity index (χ1n) is 7.02. The molecule has 0 radical (unpaired) electrons. The molecule has 7 heteroatoms. The lowest BCUT2D eigenvalue weighted by Gasteiger charge is -1.97. The molecule has 0 spiro atoms. The number of hydrogen-bond donors (Lipinski definition) is 2. The fourth-order valence-electron chi connectivity index (χ4n) is 2.02. The Kier molecular flexibility index (Phi) is 4.93. The number of carbonyl (C=O) groups is 1. The van der Waals surface area contributed by atoms with E-state index in [4.69, 9.17) is 23.2 Å². The van der Waals surface area contributed by atoms with E-state index >= 15 is 0 Å². The third kappa shape index (κ3) is 4.01. The van der Waals surface area contributed by atoms with Crippen molar-refractivity contribution in [3.8, 4) is 11.3 Å². The highest BCUT2D eigenvalue weighted by Crippen LogP contribution is 2.20. The van der Waals surface area contributed by atoms with Crippen molar-refractivity contribution in [2.75, 3.05) is 0 Å². The van der Waals surface area contributed by atoms with Crippen LogP contribution >= 0.6 is 23.2 Å². The Bertz CT molecular complexity index is 888. The minimum atomic E-state index is -0.388. The van der Waals surface area contributed by atoms with Gasteiger partial charge in [-0.3, -0.25) is 9.89 Å². The number of rotatable bonds is 4. The van der Waals surface area contributed by atoms with Crippen molar-refractivity contribution in [1.29, 1.82) is 0 Å². The average Bonchev–Trinajstić information content (AvgIpc) is 3.05. The lowest BCUT2D eigenvalue weighted by molar-refractivity contribution is 0.0950. The van der Waals surface area contributed by atoms with Crippen LogP contribution in [-0.2, 0) is 0 Å². The first-order chi connectivity index (χ1) is 11.6. The monoisotopic (exact) mass is 358 g/mol. The van der Waals surface area contributed by atoms with E-state index in [-0.39, 0.29) is 5.91 Å². The van der Waals surface area contributed by atoms with Crippen LogP contribution in [0.2, 0.25) is 10.0 Å². The number of aromatic nitrogens is 2. The first-order valence-corrected chi connectivity index (χ1v) is 7.78. The summed E-state index contributed by atoms with van der Waals surface area (Å²) >= 11 is 11.7. The summed E-state index contributed by atoms with van der Waals surface area (Å²) in [4.78, 5) is 12.1. The third-order valence-corrected chi connectivity index (χ3v) is 3.68. The van der Waals surface area contributed by atoms with Crippen LogP contribution in [0.3, 0.4) is 0 Å². The van der Waals surface area contributed by atoms with Crippen LogP contribution in [0.25, 0.3) is 11.3 Å². The molecule has 0 unspecified atom stereocenters. The van der Waals surface area contributed by atoms with Gasteiger partial charge in [-0.25, -0.2) is 5.43 Å². The zero-order valence-electron chi connectivity index (χ0n) is 12.3. The molecule has 0 aliphatic rings. The Balaban J connectivity index is 1.66. The van der Waals surface area contributed by atoms with Crippen molar-refractivity contribution < 1.29 is 4.79 Å². The molecular weight excluding hydrogens is 347 g/mol. The van der Waals surface area contributed by atoms with Crippen molar-refractivity contribution in [3.63, 3.8) is 0 Å². The van der Waals surface area contributed by atoms with Gasteiger partial charge in [0.2, 0.25) is 0 Å². The molecule has 24 heavy (non-hydrogen) atoms. The highest BCUT2D eigenvalue weighted by molar-refractivity contribution is 6.31. The van der Waals surface area contributed by atoms with Crippen molar-refractivity contribution in [2.45, 2.75) is 0 Å². The zero-order valence-corrected chi connectivity index (χ0v) is 13.8. The fraction of sp³-hybridized carbons (Fsp3) is 0. The maximum Gasteiger partial charge on any atom is 0.289 e. The highest BCUT2D eigenvalue weighted by atomic mass is 35.5. The van der Waals surface area contributed by atoms with Gasteiger partial charge in [0.25, 0.3) is 5.91 Å². The molecule has 0 atom stereocenters. The lowest BCUT2D eigenvalue weighted by atomic mass is 10.1. The zero-order chi connectivity index (χ0) is 16.9. The molecule has 2 aromatic carbocycles. The van der Waals surface area contributed by atoms with E-state index in [1.54, 1.807) is 36.4 Å². The van der Waals surface area contributed by atoms with Gasteiger partial charge in [0, 0.05) is 15.6 Å². The van der Waals surface area contributed by atoms with Crippen molar-refractivity contribution in [3.05, 3.63) is 75.9 Å². The second-order valence-electron chi connectivity index (χ2n) is 4.93. The van der Waals surface area contributed by atoms with Crippen molar-refractivity contribution in [1.82, 2.24) is 15.6 Å². The number of halogens is 2. The molecule has 0 aliphatic carbocycles. The molecule has 0 fully saturated rings. The molecule has 120 valence electrons. The summed E-state index contributed by atoms with van der Waals surface area (Å²) in [6, 6.07) is 16.0. The summed E-state index contributed by atoms with van der Waals surface area (Å²) in [5.74, 6) is -0.388. The first kappa shape index (κ1) is 16.2. The predicted molar refractivity (Wildman–Crippen MR) is 95.5 cm³/mol. The van der Waals surface area contributed by atoms with Gasteiger partial charge in [0.05, 0.1) is 11.9 Å². The van der Waals surface area contributed by atoms with Crippen molar-refractivity contribution >= 4 is 35.3 Å². The third-order valence-electron chi connectivity index (χ3n) is 3.19. The van der Waals surface area contributed by atoms with Crippen LogP contribution in [0, 0.1) is 0 Å². The van der Waals surface area contributed by atoms with E-state index in [0.29, 0.717) is 21.4 Å². The SMILES string of the molecule is O=C(N/N=C\c1cccc(Cl)c1)c1cc(-c2ccc(Cl)cc2)n[nH]1. The minimum absolute atomic E-state index is 0.309. The Morgan fingerprint density at radius 1 is 1.08 bits per heavy atom. The molecule has 0 bridgehead atoms. The molecule has 3 rings (SSSR count). The summed E-state index contributed by atoms with van der Waals surface area (Å²) in [5, 5.41) is 12.0. The number of hydrogen-bond acceptors (Lipinski definition) is 3. The Morgan fingerprint density at radius 2 is 1.88 bits per heavy atom. The number of amides is 1. The van der Waals surface area contributed by atoms with Crippen LogP contribution in [0.1, 0.15) is 16.1 Å². The van der Waals surface area contributed by atoms with Crippen LogP contribution in [0.4, 0.5) is 0 Å². The standard InChI is InChI=1S/C17H12Cl2N4O/c18-13-6-4-12(5-7-13)15-9-16(22-21-15)17(24)23-20-10-11-2-1-3-14(19)8-11/h1-10H,(H,21,22)(H,23,24)/b20-10-. The smallest absolute Gasteiger partial charge is 0.272 e. The maximum atomic E-state index is 12.1.